The van der Waals surface area contributed by atoms with Crippen LogP contribution in [0.25, 0.3) is 0 Å². The quantitative estimate of drug-likeness (QED) is 0.872. The van der Waals surface area contributed by atoms with Gasteiger partial charge in [0.1, 0.15) is 5.82 Å². The first-order valence-electron chi connectivity index (χ1n) is 5.77. The molecule has 17 heavy (non-hydrogen) atoms. The van der Waals surface area contributed by atoms with Gasteiger partial charge in [0.2, 0.25) is 0 Å². The van der Waals surface area contributed by atoms with Crippen LogP contribution < -0.4 is 5.32 Å². The van der Waals surface area contributed by atoms with E-state index in [0.717, 1.165) is 18.4 Å². The van der Waals surface area contributed by atoms with Crippen molar-refractivity contribution in [1.29, 1.82) is 0 Å². The lowest BCUT2D eigenvalue weighted by molar-refractivity contribution is 0.0677. The van der Waals surface area contributed by atoms with Gasteiger partial charge in [-0.3, -0.25) is 0 Å². The smallest absolute Gasteiger partial charge is 0.137 e. The summed E-state index contributed by atoms with van der Waals surface area (Å²) in [6, 6.07) is 5.30. The third kappa shape index (κ3) is 3.76. The summed E-state index contributed by atoms with van der Waals surface area (Å²) in [5.41, 5.74) is 0.958. The summed E-state index contributed by atoms with van der Waals surface area (Å²) in [5, 5.41) is 3.23. The summed E-state index contributed by atoms with van der Waals surface area (Å²) >= 11 is 3.29. The zero-order chi connectivity index (χ0) is 12.8. The Bertz CT molecular complexity index is 355. The average molecular weight is 304 g/mol. The first-order valence-corrected chi connectivity index (χ1v) is 6.56. The van der Waals surface area contributed by atoms with Gasteiger partial charge in [0, 0.05) is 13.2 Å². The Morgan fingerprint density at radius 1 is 1.47 bits per heavy atom. The Kier molecular flexibility index (Phi) is 6.09. The molecule has 2 unspecified atom stereocenters. The fourth-order valence-corrected chi connectivity index (χ4v) is 2.40. The Morgan fingerprint density at radius 3 is 2.71 bits per heavy atom. The Labute approximate surface area is 111 Å². The summed E-state index contributed by atoms with van der Waals surface area (Å²) < 4.78 is 19.4. The second-order valence-electron chi connectivity index (χ2n) is 3.99. The first-order chi connectivity index (χ1) is 8.13. The van der Waals surface area contributed by atoms with Gasteiger partial charge in [0.05, 0.1) is 10.6 Å². The average Bonchev–Trinajstić information content (AvgIpc) is 2.34. The third-order valence-electron chi connectivity index (χ3n) is 3.00. The number of likely N-dealkylation sites (N-methyl/N-ethyl adjacent to an activating group) is 1. The van der Waals surface area contributed by atoms with Crippen LogP contribution in [-0.4, -0.2) is 26.3 Å². The standard InChI is InChI=1S/C13H19BrFNO/c1-4-12(17-3)11(16-2)8-9-6-5-7-10(15)13(9)14/h5-7,11-12,16H,4,8H2,1-3H3. The molecule has 0 saturated carbocycles. The minimum absolute atomic E-state index is 0.134. The molecular weight excluding hydrogens is 285 g/mol. The van der Waals surface area contributed by atoms with Crippen LogP contribution in [0.5, 0.6) is 0 Å². The number of rotatable bonds is 6. The van der Waals surface area contributed by atoms with Gasteiger partial charge in [-0.25, -0.2) is 4.39 Å². The van der Waals surface area contributed by atoms with Crippen molar-refractivity contribution >= 4 is 15.9 Å². The third-order valence-corrected chi connectivity index (χ3v) is 3.88. The van der Waals surface area contributed by atoms with Gasteiger partial charge < -0.3 is 10.1 Å². The van der Waals surface area contributed by atoms with E-state index in [1.54, 1.807) is 13.2 Å². The summed E-state index contributed by atoms with van der Waals surface area (Å²) in [7, 11) is 3.61. The molecule has 4 heteroatoms. The highest BCUT2D eigenvalue weighted by Gasteiger charge is 2.19. The van der Waals surface area contributed by atoms with Crippen molar-refractivity contribution < 1.29 is 9.13 Å². The maximum atomic E-state index is 13.4. The number of halogens is 2. The minimum atomic E-state index is -0.220. The van der Waals surface area contributed by atoms with E-state index in [2.05, 4.69) is 28.2 Å². The largest absolute Gasteiger partial charge is 0.380 e. The van der Waals surface area contributed by atoms with E-state index in [-0.39, 0.29) is 18.0 Å². The van der Waals surface area contributed by atoms with Crippen LogP contribution in [0.4, 0.5) is 4.39 Å². The second-order valence-corrected chi connectivity index (χ2v) is 4.79. The van der Waals surface area contributed by atoms with E-state index < -0.39 is 0 Å². The van der Waals surface area contributed by atoms with Crippen molar-refractivity contribution in [3.05, 3.63) is 34.1 Å². The molecule has 2 atom stereocenters. The number of hydrogen-bond donors (Lipinski definition) is 1. The predicted octanol–water partition coefficient (Wildman–Crippen LogP) is 3.14. The molecule has 0 radical (unpaired) electrons. The zero-order valence-corrected chi connectivity index (χ0v) is 12.1. The van der Waals surface area contributed by atoms with Gasteiger partial charge in [-0.2, -0.15) is 0 Å². The molecule has 0 aliphatic carbocycles. The molecule has 0 heterocycles. The fourth-order valence-electron chi connectivity index (χ4n) is 1.98. The maximum absolute atomic E-state index is 13.4. The van der Waals surface area contributed by atoms with Crippen molar-refractivity contribution in [1.82, 2.24) is 5.32 Å². The summed E-state index contributed by atoms with van der Waals surface area (Å²) in [6.45, 7) is 2.08. The SMILES string of the molecule is CCC(OC)C(Cc1cccc(F)c1Br)NC. The van der Waals surface area contributed by atoms with E-state index in [9.17, 15) is 4.39 Å². The van der Waals surface area contributed by atoms with E-state index in [4.69, 9.17) is 4.74 Å². The van der Waals surface area contributed by atoms with Gasteiger partial charge in [-0.1, -0.05) is 19.1 Å². The zero-order valence-electron chi connectivity index (χ0n) is 10.5. The number of benzene rings is 1. The molecule has 96 valence electrons. The van der Waals surface area contributed by atoms with Gasteiger partial charge in [-0.15, -0.1) is 0 Å². The molecule has 0 bridgehead atoms. The topological polar surface area (TPSA) is 21.3 Å². The molecule has 0 amide bonds. The summed E-state index contributed by atoms with van der Waals surface area (Å²) in [4.78, 5) is 0. The molecule has 0 aliphatic rings. The van der Waals surface area contributed by atoms with Crippen molar-refractivity contribution in [3.8, 4) is 0 Å². The highest BCUT2D eigenvalue weighted by atomic mass is 79.9. The highest BCUT2D eigenvalue weighted by Crippen LogP contribution is 2.22. The Balaban J connectivity index is 2.83. The number of nitrogens with one attached hydrogen (secondary N) is 1. The van der Waals surface area contributed by atoms with Crippen molar-refractivity contribution in [2.75, 3.05) is 14.2 Å². The normalized spacial score (nSPS) is 14.6. The van der Waals surface area contributed by atoms with E-state index >= 15 is 0 Å². The monoisotopic (exact) mass is 303 g/mol. The predicted molar refractivity (Wildman–Crippen MR) is 71.7 cm³/mol. The molecule has 0 fully saturated rings. The van der Waals surface area contributed by atoms with Crippen molar-refractivity contribution in [2.45, 2.75) is 31.9 Å². The lowest BCUT2D eigenvalue weighted by Gasteiger charge is -2.25. The lowest BCUT2D eigenvalue weighted by Crippen LogP contribution is -2.40. The number of methoxy groups -OCH3 is 1. The van der Waals surface area contributed by atoms with Crippen molar-refractivity contribution in [3.63, 3.8) is 0 Å². The molecule has 0 saturated heterocycles. The molecule has 0 spiro atoms. The second kappa shape index (κ2) is 7.09. The van der Waals surface area contributed by atoms with Crippen LogP contribution in [0.15, 0.2) is 22.7 Å². The van der Waals surface area contributed by atoms with E-state index in [1.165, 1.54) is 6.07 Å². The van der Waals surface area contributed by atoms with Gasteiger partial charge in [0.15, 0.2) is 0 Å². The van der Waals surface area contributed by atoms with Gasteiger partial charge in [0.25, 0.3) is 0 Å². The molecule has 0 aromatic heterocycles. The molecule has 1 rings (SSSR count). The molecule has 2 nitrogen and oxygen atoms in total. The van der Waals surface area contributed by atoms with Crippen LogP contribution in [0, 0.1) is 5.82 Å². The van der Waals surface area contributed by atoms with E-state index in [1.807, 2.05) is 13.1 Å². The van der Waals surface area contributed by atoms with Crippen LogP contribution in [0.2, 0.25) is 0 Å². The number of hydrogen-bond acceptors (Lipinski definition) is 2. The fraction of sp³-hybridized carbons (Fsp3) is 0.538. The van der Waals surface area contributed by atoms with Crippen LogP contribution in [0.1, 0.15) is 18.9 Å². The van der Waals surface area contributed by atoms with Gasteiger partial charge in [-0.05, 0) is 47.4 Å². The van der Waals surface area contributed by atoms with Crippen molar-refractivity contribution in [2.24, 2.45) is 0 Å². The molecule has 1 aromatic rings. The first kappa shape index (κ1) is 14.6. The molecular formula is C13H19BrFNO. The minimum Gasteiger partial charge on any atom is -0.380 e. The molecule has 1 aromatic carbocycles. The number of ether oxygens (including phenoxy) is 1. The van der Waals surface area contributed by atoms with Crippen LogP contribution in [-0.2, 0) is 11.2 Å². The lowest BCUT2D eigenvalue weighted by atomic mass is 9.99. The Morgan fingerprint density at radius 2 is 2.18 bits per heavy atom. The summed E-state index contributed by atoms with van der Waals surface area (Å²) in [5.74, 6) is -0.220. The van der Waals surface area contributed by atoms with Gasteiger partial charge >= 0.3 is 0 Å². The molecule has 1 N–H and O–H groups in total. The van der Waals surface area contributed by atoms with Crippen LogP contribution >= 0.6 is 15.9 Å². The molecule has 0 aliphatic heterocycles. The maximum Gasteiger partial charge on any atom is 0.137 e. The van der Waals surface area contributed by atoms with E-state index in [0.29, 0.717) is 4.47 Å². The summed E-state index contributed by atoms with van der Waals surface area (Å²) in [6.07, 6.45) is 1.80. The van der Waals surface area contributed by atoms with Crippen LogP contribution in [0.3, 0.4) is 0 Å². The highest BCUT2D eigenvalue weighted by molar-refractivity contribution is 9.10. The Hall–Kier alpha value is -0.450.